The van der Waals surface area contributed by atoms with Gasteiger partial charge in [-0.3, -0.25) is 0 Å². The van der Waals surface area contributed by atoms with Crippen LogP contribution in [0.15, 0.2) is 24.3 Å². The summed E-state index contributed by atoms with van der Waals surface area (Å²) in [7, 11) is 0. The van der Waals surface area contributed by atoms with E-state index in [0.29, 0.717) is 13.2 Å². The van der Waals surface area contributed by atoms with E-state index >= 15 is 0 Å². The molecule has 0 amide bonds. The maximum absolute atomic E-state index is 8.69. The Labute approximate surface area is 110 Å². The van der Waals surface area contributed by atoms with Crippen molar-refractivity contribution in [3.63, 3.8) is 0 Å². The molecule has 0 aromatic heterocycles. The van der Waals surface area contributed by atoms with Gasteiger partial charge in [0.25, 0.3) is 0 Å². The van der Waals surface area contributed by atoms with Crippen LogP contribution < -0.4 is 5.32 Å². The first-order chi connectivity index (χ1) is 8.88. The highest BCUT2D eigenvalue weighted by atomic mass is 16.5. The van der Waals surface area contributed by atoms with Gasteiger partial charge in [-0.15, -0.1) is 0 Å². The Morgan fingerprint density at radius 2 is 1.89 bits per heavy atom. The molecule has 3 nitrogen and oxygen atoms in total. The van der Waals surface area contributed by atoms with Crippen LogP contribution in [-0.4, -0.2) is 24.9 Å². The maximum Gasteiger partial charge on any atom is 0.0719 e. The van der Waals surface area contributed by atoms with E-state index in [9.17, 15) is 0 Å². The Balaban J connectivity index is 2.27. The van der Waals surface area contributed by atoms with Gasteiger partial charge < -0.3 is 15.2 Å². The Morgan fingerprint density at radius 1 is 1.11 bits per heavy atom. The minimum Gasteiger partial charge on any atom is -0.396 e. The van der Waals surface area contributed by atoms with Gasteiger partial charge in [0.1, 0.15) is 0 Å². The molecule has 18 heavy (non-hydrogen) atoms. The fourth-order valence-corrected chi connectivity index (χ4v) is 1.84. The molecule has 3 heteroatoms. The lowest BCUT2D eigenvalue weighted by Crippen LogP contribution is -2.16. The summed E-state index contributed by atoms with van der Waals surface area (Å²) in [4.78, 5) is 0. The highest BCUT2D eigenvalue weighted by Crippen LogP contribution is 2.10. The Bertz CT molecular complexity index is 315. The van der Waals surface area contributed by atoms with Crippen molar-refractivity contribution in [1.29, 1.82) is 0 Å². The molecule has 0 bridgehead atoms. The first-order valence-corrected chi connectivity index (χ1v) is 6.84. The van der Waals surface area contributed by atoms with Gasteiger partial charge in [0.05, 0.1) is 6.61 Å². The van der Waals surface area contributed by atoms with Crippen LogP contribution in [0.5, 0.6) is 0 Å². The van der Waals surface area contributed by atoms with Gasteiger partial charge in [-0.25, -0.2) is 0 Å². The summed E-state index contributed by atoms with van der Waals surface area (Å²) in [6, 6.07) is 8.39. The van der Waals surface area contributed by atoms with Crippen molar-refractivity contribution >= 4 is 0 Å². The third-order valence-electron chi connectivity index (χ3n) is 2.91. The average Bonchev–Trinajstić information content (AvgIpc) is 2.41. The molecule has 0 radical (unpaired) electrons. The maximum atomic E-state index is 8.69. The number of rotatable bonds is 10. The smallest absolute Gasteiger partial charge is 0.0719 e. The average molecular weight is 251 g/mol. The van der Waals surface area contributed by atoms with Crippen LogP contribution in [0.2, 0.25) is 0 Å². The SMILES string of the molecule is CCOCc1ccccc1CNCCCCCO. The molecule has 0 atom stereocenters. The first-order valence-electron chi connectivity index (χ1n) is 6.84. The Morgan fingerprint density at radius 3 is 2.61 bits per heavy atom. The Kier molecular flexibility index (Phi) is 8.47. The monoisotopic (exact) mass is 251 g/mol. The Hall–Kier alpha value is -0.900. The number of hydrogen-bond acceptors (Lipinski definition) is 3. The molecule has 0 saturated heterocycles. The highest BCUT2D eigenvalue weighted by Gasteiger charge is 2.00. The quantitative estimate of drug-likeness (QED) is 0.628. The van der Waals surface area contributed by atoms with Crippen molar-refractivity contribution in [1.82, 2.24) is 5.32 Å². The van der Waals surface area contributed by atoms with E-state index in [4.69, 9.17) is 9.84 Å². The number of aliphatic hydroxyl groups excluding tert-OH is 1. The predicted molar refractivity (Wildman–Crippen MR) is 74.4 cm³/mol. The van der Waals surface area contributed by atoms with Crippen LogP contribution in [0.3, 0.4) is 0 Å². The van der Waals surface area contributed by atoms with E-state index in [-0.39, 0.29) is 0 Å². The van der Waals surface area contributed by atoms with Crippen LogP contribution in [0.1, 0.15) is 37.3 Å². The summed E-state index contributed by atoms with van der Waals surface area (Å²) in [5, 5.41) is 12.1. The largest absolute Gasteiger partial charge is 0.396 e. The lowest BCUT2D eigenvalue weighted by molar-refractivity contribution is 0.133. The zero-order chi connectivity index (χ0) is 13.1. The van der Waals surface area contributed by atoms with Crippen molar-refractivity contribution < 1.29 is 9.84 Å². The summed E-state index contributed by atoms with van der Waals surface area (Å²) < 4.78 is 5.46. The molecular formula is C15H25NO2. The van der Waals surface area contributed by atoms with Crippen molar-refractivity contribution in [2.24, 2.45) is 0 Å². The predicted octanol–water partition coefficient (Wildman–Crippen LogP) is 2.48. The van der Waals surface area contributed by atoms with E-state index in [1.165, 1.54) is 11.1 Å². The molecule has 1 rings (SSSR count). The van der Waals surface area contributed by atoms with E-state index in [1.54, 1.807) is 0 Å². The first kappa shape index (κ1) is 15.2. The second-order valence-electron chi connectivity index (χ2n) is 4.37. The van der Waals surface area contributed by atoms with Crippen molar-refractivity contribution in [3.05, 3.63) is 35.4 Å². The van der Waals surface area contributed by atoms with Gasteiger partial charge in [0.15, 0.2) is 0 Å². The van der Waals surface area contributed by atoms with Gasteiger partial charge in [-0.1, -0.05) is 24.3 Å². The van der Waals surface area contributed by atoms with Crippen LogP contribution in [0.25, 0.3) is 0 Å². The van der Waals surface area contributed by atoms with Gasteiger partial charge >= 0.3 is 0 Å². The molecule has 0 spiro atoms. The lowest BCUT2D eigenvalue weighted by Gasteiger charge is -2.10. The topological polar surface area (TPSA) is 41.5 Å². The van der Waals surface area contributed by atoms with Crippen LogP contribution in [-0.2, 0) is 17.9 Å². The molecule has 2 N–H and O–H groups in total. The van der Waals surface area contributed by atoms with Gasteiger partial charge in [-0.05, 0) is 43.9 Å². The number of aliphatic hydroxyl groups is 1. The molecule has 0 aliphatic carbocycles. The summed E-state index contributed by atoms with van der Waals surface area (Å²) in [6.07, 6.45) is 3.11. The zero-order valence-corrected chi connectivity index (χ0v) is 11.3. The summed E-state index contributed by atoms with van der Waals surface area (Å²) in [5.41, 5.74) is 2.58. The van der Waals surface area contributed by atoms with E-state index in [2.05, 4.69) is 29.6 Å². The number of unbranched alkanes of at least 4 members (excludes halogenated alkanes) is 2. The lowest BCUT2D eigenvalue weighted by atomic mass is 10.1. The summed E-state index contributed by atoms with van der Waals surface area (Å²) >= 11 is 0. The summed E-state index contributed by atoms with van der Waals surface area (Å²) in [5.74, 6) is 0. The van der Waals surface area contributed by atoms with Crippen molar-refractivity contribution in [2.75, 3.05) is 19.8 Å². The molecular weight excluding hydrogens is 226 g/mol. The van der Waals surface area contributed by atoms with Gasteiger partial charge in [0, 0.05) is 19.8 Å². The molecule has 102 valence electrons. The highest BCUT2D eigenvalue weighted by molar-refractivity contribution is 5.26. The molecule has 1 aromatic carbocycles. The second-order valence-corrected chi connectivity index (χ2v) is 4.37. The number of nitrogens with one attached hydrogen (secondary N) is 1. The summed E-state index contributed by atoms with van der Waals surface area (Å²) in [6.45, 7) is 5.66. The fraction of sp³-hybridized carbons (Fsp3) is 0.600. The molecule has 1 aromatic rings. The molecule has 0 aliphatic rings. The minimum absolute atomic E-state index is 0.303. The van der Waals surface area contributed by atoms with E-state index in [1.807, 2.05) is 6.92 Å². The third-order valence-corrected chi connectivity index (χ3v) is 2.91. The molecule has 0 heterocycles. The molecule has 0 saturated carbocycles. The van der Waals surface area contributed by atoms with Crippen molar-refractivity contribution in [3.8, 4) is 0 Å². The van der Waals surface area contributed by atoms with Crippen molar-refractivity contribution in [2.45, 2.75) is 39.3 Å². The van der Waals surface area contributed by atoms with Crippen LogP contribution >= 0.6 is 0 Å². The molecule has 0 aliphatic heterocycles. The zero-order valence-electron chi connectivity index (χ0n) is 11.3. The standard InChI is InChI=1S/C15H25NO2/c1-2-18-13-15-9-5-4-8-14(15)12-16-10-6-3-7-11-17/h4-5,8-9,16-17H,2-3,6-7,10-13H2,1H3. The number of benzene rings is 1. The third kappa shape index (κ3) is 6.15. The second kappa shape index (κ2) is 10.1. The number of ether oxygens (including phenoxy) is 1. The van der Waals surface area contributed by atoms with Gasteiger partial charge in [0.2, 0.25) is 0 Å². The van der Waals surface area contributed by atoms with E-state index in [0.717, 1.165) is 39.0 Å². The van der Waals surface area contributed by atoms with Gasteiger partial charge in [-0.2, -0.15) is 0 Å². The molecule has 0 unspecified atom stereocenters. The fourth-order valence-electron chi connectivity index (χ4n) is 1.84. The normalized spacial score (nSPS) is 10.8. The van der Waals surface area contributed by atoms with E-state index < -0.39 is 0 Å². The minimum atomic E-state index is 0.303. The number of hydrogen-bond donors (Lipinski definition) is 2. The van der Waals surface area contributed by atoms with Crippen LogP contribution in [0, 0.1) is 0 Å². The molecule has 0 fully saturated rings. The van der Waals surface area contributed by atoms with Crippen LogP contribution in [0.4, 0.5) is 0 Å².